The zero-order chi connectivity index (χ0) is 15.3. The van der Waals surface area contributed by atoms with Gasteiger partial charge in [-0.05, 0) is 31.4 Å². The van der Waals surface area contributed by atoms with E-state index in [1.165, 1.54) is 32.1 Å². The Balaban J connectivity index is 2.03. The number of carbonyl (C=O) groups is 1. The molecule has 21 heavy (non-hydrogen) atoms. The van der Waals surface area contributed by atoms with Gasteiger partial charge < -0.3 is 15.7 Å². The third-order valence-electron chi connectivity index (χ3n) is 4.48. The third-order valence-corrected chi connectivity index (χ3v) is 4.48. The van der Waals surface area contributed by atoms with Gasteiger partial charge in [0, 0.05) is 13.1 Å². The Morgan fingerprint density at radius 3 is 2.48 bits per heavy atom. The van der Waals surface area contributed by atoms with Crippen LogP contribution >= 0.6 is 0 Å². The predicted octanol–water partition coefficient (Wildman–Crippen LogP) is 2.44. The predicted molar refractivity (Wildman–Crippen MR) is 84.0 cm³/mol. The minimum Gasteiger partial charge on any atom is -0.480 e. The molecule has 1 fully saturated rings. The summed E-state index contributed by atoms with van der Waals surface area (Å²) in [5, 5.41) is 9.59. The maximum absolute atomic E-state index is 11.7. The van der Waals surface area contributed by atoms with Crippen LogP contribution in [0.5, 0.6) is 0 Å². The number of nitrogens with zero attached hydrogens (tertiary/aromatic N) is 1. The summed E-state index contributed by atoms with van der Waals surface area (Å²) >= 11 is 0. The Kier molecular flexibility index (Phi) is 5.37. The lowest BCUT2D eigenvalue weighted by Gasteiger charge is -2.33. The molecule has 1 aliphatic rings. The van der Waals surface area contributed by atoms with Crippen molar-refractivity contribution >= 4 is 5.97 Å². The number of rotatable bonds is 6. The molecule has 0 aliphatic heterocycles. The first-order valence-electron chi connectivity index (χ1n) is 7.79. The fourth-order valence-corrected chi connectivity index (χ4v) is 3.32. The number of hydrogen-bond acceptors (Lipinski definition) is 3. The van der Waals surface area contributed by atoms with Crippen LogP contribution in [0.2, 0.25) is 0 Å². The maximum Gasteiger partial charge on any atom is 0.329 e. The van der Waals surface area contributed by atoms with Gasteiger partial charge in [-0.1, -0.05) is 49.6 Å². The highest BCUT2D eigenvalue weighted by atomic mass is 16.4. The summed E-state index contributed by atoms with van der Waals surface area (Å²) in [6.07, 6.45) is 6.43. The number of carboxylic acid groups (broad SMARTS) is 1. The molecule has 4 nitrogen and oxygen atoms in total. The molecule has 0 radical (unpaired) electrons. The van der Waals surface area contributed by atoms with Gasteiger partial charge in [-0.3, -0.25) is 0 Å². The Labute approximate surface area is 126 Å². The molecule has 1 aliphatic carbocycles. The van der Waals surface area contributed by atoms with E-state index in [1.807, 2.05) is 25.2 Å². The summed E-state index contributed by atoms with van der Waals surface area (Å²) in [6, 6.07) is 9.13. The van der Waals surface area contributed by atoms with Crippen LogP contribution < -0.4 is 5.73 Å². The molecule has 116 valence electrons. The Morgan fingerprint density at radius 1 is 1.29 bits per heavy atom. The van der Waals surface area contributed by atoms with Crippen molar-refractivity contribution in [3.8, 4) is 0 Å². The van der Waals surface area contributed by atoms with Crippen LogP contribution in [-0.4, -0.2) is 36.1 Å². The minimum atomic E-state index is -1.34. The van der Waals surface area contributed by atoms with Gasteiger partial charge in [0.05, 0.1) is 0 Å². The van der Waals surface area contributed by atoms with Crippen molar-refractivity contribution in [1.82, 2.24) is 4.90 Å². The topological polar surface area (TPSA) is 66.6 Å². The van der Waals surface area contributed by atoms with Crippen LogP contribution in [0.3, 0.4) is 0 Å². The molecule has 4 heteroatoms. The van der Waals surface area contributed by atoms with Gasteiger partial charge in [-0.15, -0.1) is 0 Å². The molecule has 2 rings (SSSR count). The van der Waals surface area contributed by atoms with Gasteiger partial charge in [-0.2, -0.15) is 0 Å². The minimum absolute atomic E-state index is 0.336. The molecule has 0 spiro atoms. The number of benzene rings is 1. The van der Waals surface area contributed by atoms with Gasteiger partial charge >= 0.3 is 5.97 Å². The molecular formula is C17H26N2O2. The van der Waals surface area contributed by atoms with E-state index in [2.05, 4.69) is 4.90 Å². The van der Waals surface area contributed by atoms with Gasteiger partial charge in [0.1, 0.15) is 0 Å². The van der Waals surface area contributed by atoms with Crippen LogP contribution in [0, 0.1) is 5.92 Å². The zero-order valence-corrected chi connectivity index (χ0v) is 12.8. The molecule has 1 aromatic carbocycles. The molecule has 1 aromatic rings. The Hall–Kier alpha value is -1.39. The molecule has 0 amide bonds. The lowest BCUT2D eigenvalue weighted by Crippen LogP contribution is -2.53. The standard InChI is InChI=1S/C17H26N2O2/c1-19(12-14-8-4-2-5-9-14)13-17(18,16(20)21)15-10-6-3-7-11-15/h3,6-7,10-11,14H,2,4-5,8-9,12-13,18H2,1H3,(H,20,21). The fraction of sp³-hybridized carbons (Fsp3) is 0.588. The molecule has 3 N–H and O–H groups in total. The van der Waals surface area contributed by atoms with Crippen molar-refractivity contribution in [2.45, 2.75) is 37.6 Å². The van der Waals surface area contributed by atoms with E-state index in [4.69, 9.17) is 5.73 Å². The number of aliphatic carboxylic acids is 1. The van der Waals surface area contributed by atoms with E-state index < -0.39 is 11.5 Å². The maximum atomic E-state index is 11.7. The van der Waals surface area contributed by atoms with Crippen molar-refractivity contribution in [3.05, 3.63) is 35.9 Å². The van der Waals surface area contributed by atoms with Gasteiger partial charge in [-0.25, -0.2) is 4.79 Å². The molecule has 0 bridgehead atoms. The third kappa shape index (κ3) is 4.05. The Morgan fingerprint density at radius 2 is 1.90 bits per heavy atom. The van der Waals surface area contributed by atoms with Crippen LogP contribution in [0.15, 0.2) is 30.3 Å². The second-order valence-corrected chi connectivity index (χ2v) is 6.34. The summed E-state index contributed by atoms with van der Waals surface area (Å²) in [7, 11) is 1.97. The molecule has 0 aromatic heterocycles. The van der Waals surface area contributed by atoms with E-state index in [0.717, 1.165) is 6.54 Å². The van der Waals surface area contributed by atoms with Crippen LogP contribution in [-0.2, 0) is 10.3 Å². The lowest BCUT2D eigenvalue weighted by atomic mass is 9.87. The number of hydrogen-bond donors (Lipinski definition) is 2. The normalized spacial score (nSPS) is 19.4. The molecule has 1 saturated carbocycles. The molecule has 0 heterocycles. The second kappa shape index (κ2) is 7.05. The average Bonchev–Trinajstić information content (AvgIpc) is 2.48. The number of carboxylic acids is 1. The second-order valence-electron chi connectivity index (χ2n) is 6.34. The molecular weight excluding hydrogens is 264 g/mol. The number of likely N-dealkylation sites (N-methyl/N-ethyl adjacent to an activating group) is 1. The number of nitrogens with two attached hydrogens (primary N) is 1. The van der Waals surface area contributed by atoms with Crippen molar-refractivity contribution in [2.75, 3.05) is 20.1 Å². The summed E-state index contributed by atoms with van der Waals surface area (Å²) in [5.41, 5.74) is 5.54. The summed E-state index contributed by atoms with van der Waals surface area (Å²) < 4.78 is 0. The Bertz CT molecular complexity index is 457. The first-order valence-corrected chi connectivity index (χ1v) is 7.79. The summed E-state index contributed by atoms with van der Waals surface area (Å²) in [5.74, 6) is -0.290. The van der Waals surface area contributed by atoms with Crippen LogP contribution in [0.25, 0.3) is 0 Å². The van der Waals surface area contributed by atoms with Crippen LogP contribution in [0.4, 0.5) is 0 Å². The quantitative estimate of drug-likeness (QED) is 0.844. The molecule has 1 unspecified atom stereocenters. The zero-order valence-electron chi connectivity index (χ0n) is 12.8. The first kappa shape index (κ1) is 16.0. The highest BCUT2D eigenvalue weighted by Gasteiger charge is 2.37. The largest absolute Gasteiger partial charge is 0.480 e. The van der Waals surface area contributed by atoms with E-state index in [9.17, 15) is 9.90 Å². The van der Waals surface area contributed by atoms with Gasteiger partial charge in [0.25, 0.3) is 0 Å². The van der Waals surface area contributed by atoms with Crippen LogP contribution in [0.1, 0.15) is 37.7 Å². The van der Waals surface area contributed by atoms with Gasteiger partial charge in [0.2, 0.25) is 0 Å². The smallest absolute Gasteiger partial charge is 0.329 e. The van der Waals surface area contributed by atoms with Crippen molar-refractivity contribution in [1.29, 1.82) is 0 Å². The summed E-state index contributed by atoms with van der Waals surface area (Å²) in [4.78, 5) is 13.8. The average molecular weight is 290 g/mol. The van der Waals surface area contributed by atoms with Crippen molar-refractivity contribution in [2.24, 2.45) is 11.7 Å². The molecule has 0 saturated heterocycles. The van der Waals surface area contributed by atoms with Gasteiger partial charge in [0.15, 0.2) is 5.54 Å². The van der Waals surface area contributed by atoms with E-state index in [-0.39, 0.29) is 0 Å². The first-order chi connectivity index (χ1) is 10.0. The van der Waals surface area contributed by atoms with Crippen molar-refractivity contribution in [3.63, 3.8) is 0 Å². The van der Waals surface area contributed by atoms with Crippen molar-refractivity contribution < 1.29 is 9.90 Å². The monoisotopic (exact) mass is 290 g/mol. The highest BCUT2D eigenvalue weighted by molar-refractivity contribution is 5.80. The highest BCUT2D eigenvalue weighted by Crippen LogP contribution is 2.26. The van der Waals surface area contributed by atoms with E-state index in [0.29, 0.717) is 18.0 Å². The lowest BCUT2D eigenvalue weighted by molar-refractivity contribution is -0.144. The fourth-order valence-electron chi connectivity index (χ4n) is 3.32. The molecule has 1 atom stereocenters. The van der Waals surface area contributed by atoms with E-state index >= 15 is 0 Å². The SMILES string of the molecule is CN(CC1CCCCC1)CC(N)(C(=O)O)c1ccccc1. The van der Waals surface area contributed by atoms with E-state index in [1.54, 1.807) is 12.1 Å². The summed E-state index contributed by atoms with van der Waals surface area (Å²) in [6.45, 7) is 1.27.